The van der Waals surface area contributed by atoms with E-state index in [0.29, 0.717) is 5.69 Å². The normalized spacial score (nSPS) is 10.3. The first kappa shape index (κ1) is 11.0. The van der Waals surface area contributed by atoms with Gasteiger partial charge in [0.05, 0.1) is 18.4 Å². The largest absolute Gasteiger partial charge is 0.397 e. The smallest absolute Gasteiger partial charge is 0.126 e. The quantitative estimate of drug-likeness (QED) is 0.853. The van der Waals surface area contributed by atoms with Crippen molar-refractivity contribution in [3.8, 4) is 0 Å². The third kappa shape index (κ3) is 2.52. The van der Waals surface area contributed by atoms with Crippen molar-refractivity contribution in [2.24, 2.45) is 0 Å². The number of hydrogen-bond donors (Lipinski definition) is 2. The van der Waals surface area contributed by atoms with Crippen LogP contribution in [0.1, 0.15) is 17.4 Å². The van der Waals surface area contributed by atoms with E-state index in [1.807, 2.05) is 12.1 Å². The minimum atomic E-state index is 0.691. The highest BCUT2D eigenvalue weighted by molar-refractivity contribution is 7.10. The highest BCUT2D eigenvalue weighted by atomic mass is 32.1. The molecule has 0 fully saturated rings. The van der Waals surface area contributed by atoms with Gasteiger partial charge in [-0.25, -0.2) is 4.98 Å². The van der Waals surface area contributed by atoms with E-state index >= 15 is 0 Å². The number of anilines is 2. The third-order valence-electron chi connectivity index (χ3n) is 2.44. The van der Waals surface area contributed by atoms with Crippen molar-refractivity contribution < 1.29 is 0 Å². The summed E-state index contributed by atoms with van der Waals surface area (Å²) in [5, 5.41) is 5.42. The second kappa shape index (κ2) is 4.99. The number of nitrogens with two attached hydrogens (primary N) is 1. The molecule has 0 aliphatic carbocycles. The average Bonchev–Trinajstić information content (AvgIpc) is 2.76. The van der Waals surface area contributed by atoms with Crippen molar-refractivity contribution >= 4 is 22.8 Å². The van der Waals surface area contributed by atoms with Gasteiger partial charge in [0.15, 0.2) is 0 Å². The summed E-state index contributed by atoms with van der Waals surface area (Å²) in [6.45, 7) is 3.00. The first-order valence-corrected chi connectivity index (χ1v) is 6.18. The van der Waals surface area contributed by atoms with Crippen LogP contribution < -0.4 is 11.1 Å². The zero-order chi connectivity index (χ0) is 11.4. The number of nitrogen functional groups attached to an aromatic ring is 1. The van der Waals surface area contributed by atoms with Crippen LogP contribution in [0.2, 0.25) is 0 Å². The molecule has 0 aliphatic rings. The Morgan fingerprint density at radius 3 is 2.94 bits per heavy atom. The predicted molar refractivity (Wildman–Crippen MR) is 69.7 cm³/mol. The Bertz CT molecular complexity index is 448. The third-order valence-corrected chi connectivity index (χ3v) is 3.40. The molecule has 0 aliphatic heterocycles. The van der Waals surface area contributed by atoms with Crippen LogP contribution in [0.4, 0.5) is 11.5 Å². The van der Waals surface area contributed by atoms with Crippen LogP contribution >= 0.6 is 11.3 Å². The minimum absolute atomic E-state index is 0.691. The van der Waals surface area contributed by atoms with Crippen LogP contribution in [-0.4, -0.2) is 4.98 Å². The highest BCUT2D eigenvalue weighted by Gasteiger charge is 2.02. The van der Waals surface area contributed by atoms with E-state index in [2.05, 4.69) is 28.7 Å². The fourth-order valence-corrected chi connectivity index (χ4v) is 2.43. The molecular weight excluding hydrogens is 218 g/mol. The van der Waals surface area contributed by atoms with E-state index in [-0.39, 0.29) is 0 Å². The standard InChI is InChI=1S/C12H15N3S/c1-2-9-5-6-16-11(9)8-15-12-4-3-10(13)7-14-12/h3-7H,2,8,13H2,1H3,(H,14,15). The molecule has 2 aromatic rings. The number of nitrogens with zero attached hydrogens (tertiary/aromatic N) is 1. The van der Waals surface area contributed by atoms with Crippen LogP contribution in [-0.2, 0) is 13.0 Å². The summed E-state index contributed by atoms with van der Waals surface area (Å²) >= 11 is 1.78. The summed E-state index contributed by atoms with van der Waals surface area (Å²) < 4.78 is 0. The molecule has 0 bridgehead atoms. The fraction of sp³-hybridized carbons (Fsp3) is 0.250. The Balaban J connectivity index is 1.99. The van der Waals surface area contributed by atoms with Crippen molar-refractivity contribution in [2.45, 2.75) is 19.9 Å². The van der Waals surface area contributed by atoms with E-state index < -0.39 is 0 Å². The Hall–Kier alpha value is -1.55. The van der Waals surface area contributed by atoms with Gasteiger partial charge < -0.3 is 11.1 Å². The first-order valence-electron chi connectivity index (χ1n) is 5.30. The maximum Gasteiger partial charge on any atom is 0.126 e. The molecule has 0 atom stereocenters. The maximum absolute atomic E-state index is 5.57. The van der Waals surface area contributed by atoms with E-state index in [1.165, 1.54) is 10.4 Å². The molecule has 0 radical (unpaired) electrons. The summed E-state index contributed by atoms with van der Waals surface area (Å²) in [7, 11) is 0. The van der Waals surface area contributed by atoms with Gasteiger partial charge in [0.25, 0.3) is 0 Å². The SMILES string of the molecule is CCc1ccsc1CNc1ccc(N)cn1. The van der Waals surface area contributed by atoms with Gasteiger partial charge in [-0.15, -0.1) is 11.3 Å². The molecule has 0 amide bonds. The lowest BCUT2D eigenvalue weighted by molar-refractivity contribution is 1.07. The van der Waals surface area contributed by atoms with Crippen LogP contribution in [0.15, 0.2) is 29.8 Å². The highest BCUT2D eigenvalue weighted by Crippen LogP contribution is 2.18. The number of aryl methyl sites for hydroxylation is 1. The van der Waals surface area contributed by atoms with Gasteiger partial charge in [0.2, 0.25) is 0 Å². The number of thiophene rings is 1. The zero-order valence-electron chi connectivity index (χ0n) is 9.23. The number of hydrogen-bond acceptors (Lipinski definition) is 4. The van der Waals surface area contributed by atoms with Crippen molar-refractivity contribution in [3.63, 3.8) is 0 Å². The summed E-state index contributed by atoms with van der Waals surface area (Å²) in [5.74, 6) is 0.865. The lowest BCUT2D eigenvalue weighted by atomic mass is 10.2. The number of rotatable bonds is 4. The Kier molecular flexibility index (Phi) is 3.41. The summed E-state index contributed by atoms with van der Waals surface area (Å²) in [6.07, 6.45) is 2.74. The molecule has 0 aromatic carbocycles. The van der Waals surface area contributed by atoms with E-state index in [9.17, 15) is 0 Å². The van der Waals surface area contributed by atoms with Gasteiger partial charge in [-0.05, 0) is 35.6 Å². The van der Waals surface area contributed by atoms with Gasteiger partial charge in [-0.1, -0.05) is 6.92 Å². The van der Waals surface area contributed by atoms with Gasteiger partial charge in [-0.2, -0.15) is 0 Å². The monoisotopic (exact) mass is 233 g/mol. The average molecular weight is 233 g/mol. The Morgan fingerprint density at radius 1 is 1.38 bits per heavy atom. The van der Waals surface area contributed by atoms with Crippen molar-refractivity contribution in [1.29, 1.82) is 0 Å². The predicted octanol–water partition coefficient (Wildman–Crippen LogP) is 2.90. The van der Waals surface area contributed by atoms with E-state index in [1.54, 1.807) is 17.5 Å². The number of nitrogens with one attached hydrogen (secondary N) is 1. The van der Waals surface area contributed by atoms with Crippen LogP contribution in [0, 0.1) is 0 Å². The van der Waals surface area contributed by atoms with Gasteiger partial charge in [0.1, 0.15) is 5.82 Å². The molecule has 4 heteroatoms. The first-order chi connectivity index (χ1) is 7.79. The number of aromatic nitrogens is 1. The Labute approximate surface area is 99.3 Å². The van der Waals surface area contributed by atoms with E-state index in [4.69, 9.17) is 5.73 Å². The molecule has 2 heterocycles. The van der Waals surface area contributed by atoms with Crippen LogP contribution in [0.3, 0.4) is 0 Å². The molecule has 16 heavy (non-hydrogen) atoms. The molecule has 2 aromatic heterocycles. The fourth-order valence-electron chi connectivity index (χ4n) is 1.52. The number of pyridine rings is 1. The van der Waals surface area contributed by atoms with Crippen molar-refractivity contribution in [1.82, 2.24) is 4.98 Å². The second-order valence-corrected chi connectivity index (χ2v) is 4.55. The second-order valence-electron chi connectivity index (χ2n) is 3.55. The summed E-state index contributed by atoms with van der Waals surface area (Å²) in [4.78, 5) is 5.58. The molecule has 0 saturated heterocycles. The zero-order valence-corrected chi connectivity index (χ0v) is 10.1. The minimum Gasteiger partial charge on any atom is -0.397 e. The maximum atomic E-state index is 5.57. The molecule has 2 rings (SSSR count). The molecule has 0 unspecified atom stereocenters. The van der Waals surface area contributed by atoms with Gasteiger partial charge in [0, 0.05) is 4.88 Å². The Morgan fingerprint density at radius 2 is 2.25 bits per heavy atom. The lowest BCUT2D eigenvalue weighted by Crippen LogP contribution is -2.01. The summed E-state index contributed by atoms with van der Waals surface area (Å²) in [6, 6.07) is 5.93. The molecule has 3 N–H and O–H groups in total. The lowest BCUT2D eigenvalue weighted by Gasteiger charge is -2.05. The van der Waals surface area contributed by atoms with Crippen molar-refractivity contribution in [3.05, 3.63) is 40.2 Å². The van der Waals surface area contributed by atoms with Crippen molar-refractivity contribution in [2.75, 3.05) is 11.1 Å². The molecule has 3 nitrogen and oxygen atoms in total. The summed E-state index contributed by atoms with van der Waals surface area (Å²) in [5.41, 5.74) is 7.68. The molecule has 84 valence electrons. The van der Waals surface area contributed by atoms with Crippen LogP contribution in [0.5, 0.6) is 0 Å². The molecular formula is C12H15N3S. The van der Waals surface area contributed by atoms with Gasteiger partial charge in [-0.3, -0.25) is 0 Å². The molecule has 0 saturated carbocycles. The van der Waals surface area contributed by atoms with Crippen LogP contribution in [0.25, 0.3) is 0 Å². The van der Waals surface area contributed by atoms with E-state index in [0.717, 1.165) is 18.8 Å². The van der Waals surface area contributed by atoms with Gasteiger partial charge >= 0.3 is 0 Å². The molecule has 0 spiro atoms. The topological polar surface area (TPSA) is 50.9 Å².